The molecule has 0 bridgehead atoms. The summed E-state index contributed by atoms with van der Waals surface area (Å²) in [5, 5.41) is 28.0. The van der Waals surface area contributed by atoms with Gasteiger partial charge in [0, 0.05) is 43.4 Å². The molecule has 0 spiro atoms. The Labute approximate surface area is 316 Å². The number of nitriles is 2. The average Bonchev–Trinajstić information content (AvgIpc) is 3.89. The van der Waals surface area contributed by atoms with Gasteiger partial charge in [-0.25, -0.2) is 0 Å². The number of benzene rings is 8. The lowest BCUT2D eigenvalue weighted by Gasteiger charge is -2.18. The van der Waals surface area contributed by atoms with Gasteiger partial charge in [0.2, 0.25) is 0 Å². The van der Waals surface area contributed by atoms with Crippen molar-refractivity contribution in [3.8, 4) is 40.3 Å². The molecule has 5 heteroatoms. The van der Waals surface area contributed by atoms with Gasteiger partial charge in [0.15, 0.2) is 0 Å². The standard InChI is InChI=1S/C50H29N5/c51-30-32-14-11-28-47-49(32)39-19-5-10-26-45(39)53(47)41-22-6-1-15-34(41)33-20-12-27-46(40(33)31-52)55-44-25-9-4-18-37(44)38-21-13-29-48(50(38)55)54-42-23-7-2-16-35(42)36-17-3-8-24-43(36)54/h1-29H. The van der Waals surface area contributed by atoms with Crippen molar-refractivity contribution in [1.29, 1.82) is 10.5 Å². The van der Waals surface area contributed by atoms with E-state index in [2.05, 4.69) is 165 Å². The van der Waals surface area contributed by atoms with Crippen LogP contribution >= 0.6 is 0 Å². The van der Waals surface area contributed by atoms with Gasteiger partial charge in [-0.2, -0.15) is 10.5 Å². The van der Waals surface area contributed by atoms with Crippen molar-refractivity contribution >= 4 is 65.4 Å². The fourth-order valence-electron chi connectivity index (χ4n) is 8.95. The Morgan fingerprint density at radius 1 is 0.327 bits per heavy atom. The van der Waals surface area contributed by atoms with Crippen LogP contribution < -0.4 is 0 Å². The van der Waals surface area contributed by atoms with Crippen molar-refractivity contribution in [1.82, 2.24) is 13.7 Å². The predicted octanol–water partition coefficient (Wildman–Crippen LogP) is 12.4. The van der Waals surface area contributed by atoms with Crippen LogP contribution in [-0.2, 0) is 0 Å². The molecule has 11 aromatic rings. The Morgan fingerprint density at radius 3 is 1.47 bits per heavy atom. The maximum atomic E-state index is 11.3. The Morgan fingerprint density at radius 2 is 0.782 bits per heavy atom. The zero-order valence-electron chi connectivity index (χ0n) is 29.5. The summed E-state index contributed by atoms with van der Waals surface area (Å²) in [6, 6.07) is 65.8. The van der Waals surface area contributed by atoms with E-state index in [-0.39, 0.29) is 0 Å². The summed E-state index contributed by atoms with van der Waals surface area (Å²) in [5.41, 5.74) is 12.0. The Bertz CT molecular complexity index is 3420. The highest BCUT2D eigenvalue weighted by Gasteiger charge is 2.24. The number of hydrogen-bond donors (Lipinski definition) is 0. The number of para-hydroxylation sites is 6. The van der Waals surface area contributed by atoms with Crippen LogP contribution in [0.2, 0.25) is 0 Å². The van der Waals surface area contributed by atoms with E-state index >= 15 is 0 Å². The van der Waals surface area contributed by atoms with Crippen LogP contribution in [0.3, 0.4) is 0 Å². The minimum Gasteiger partial charge on any atom is -0.309 e. The Kier molecular flexibility index (Phi) is 6.61. The molecule has 0 aliphatic heterocycles. The molecule has 5 nitrogen and oxygen atoms in total. The average molecular weight is 700 g/mol. The maximum Gasteiger partial charge on any atom is 0.102 e. The first-order valence-corrected chi connectivity index (χ1v) is 18.3. The predicted molar refractivity (Wildman–Crippen MR) is 224 cm³/mol. The molecule has 0 amide bonds. The lowest BCUT2D eigenvalue weighted by atomic mass is 9.96. The van der Waals surface area contributed by atoms with Gasteiger partial charge >= 0.3 is 0 Å². The van der Waals surface area contributed by atoms with E-state index in [0.29, 0.717) is 11.1 Å². The van der Waals surface area contributed by atoms with E-state index in [1.54, 1.807) is 0 Å². The van der Waals surface area contributed by atoms with Crippen LogP contribution in [-0.4, -0.2) is 13.7 Å². The van der Waals surface area contributed by atoms with Crippen LogP contribution in [0.5, 0.6) is 0 Å². The molecule has 3 heterocycles. The van der Waals surface area contributed by atoms with Gasteiger partial charge in [0.05, 0.1) is 67.4 Å². The molecule has 0 aliphatic rings. The van der Waals surface area contributed by atoms with Crippen molar-refractivity contribution < 1.29 is 0 Å². The number of rotatable bonds is 4. The summed E-state index contributed by atoms with van der Waals surface area (Å²) in [5.74, 6) is 0. The van der Waals surface area contributed by atoms with Gasteiger partial charge in [-0.3, -0.25) is 0 Å². The molecular weight excluding hydrogens is 671 g/mol. The number of aromatic nitrogens is 3. The molecule has 0 atom stereocenters. The third-order valence-corrected chi connectivity index (χ3v) is 11.1. The molecule has 0 saturated carbocycles. The molecule has 11 rings (SSSR count). The number of nitrogens with zero attached hydrogens (tertiary/aromatic N) is 5. The topological polar surface area (TPSA) is 62.4 Å². The van der Waals surface area contributed by atoms with Gasteiger partial charge in [-0.15, -0.1) is 0 Å². The number of fused-ring (bicyclic) bond motifs is 9. The highest BCUT2D eigenvalue weighted by atomic mass is 15.1. The quantitative estimate of drug-likeness (QED) is 0.184. The fourth-order valence-corrected chi connectivity index (χ4v) is 8.95. The van der Waals surface area contributed by atoms with E-state index in [0.717, 1.165) is 82.8 Å². The molecular formula is C50H29N5. The lowest BCUT2D eigenvalue weighted by Crippen LogP contribution is -2.04. The molecule has 3 aromatic heterocycles. The van der Waals surface area contributed by atoms with Crippen LogP contribution in [0.25, 0.3) is 93.6 Å². The molecule has 0 unspecified atom stereocenters. The molecule has 0 radical (unpaired) electrons. The van der Waals surface area contributed by atoms with E-state index < -0.39 is 0 Å². The third kappa shape index (κ3) is 4.27. The SMILES string of the molecule is N#Cc1c(-c2ccccc2-n2c3ccccc3c3c(C#N)cccc32)cccc1-n1c2ccccc2c2cccc(-n3c4ccccc4c4ccccc43)c21. The first kappa shape index (κ1) is 30.7. The highest BCUT2D eigenvalue weighted by Crippen LogP contribution is 2.43. The van der Waals surface area contributed by atoms with E-state index in [1.165, 1.54) is 10.8 Å². The second kappa shape index (κ2) is 11.8. The van der Waals surface area contributed by atoms with Crippen molar-refractivity contribution in [2.45, 2.75) is 0 Å². The van der Waals surface area contributed by atoms with Crippen molar-refractivity contribution in [3.63, 3.8) is 0 Å². The van der Waals surface area contributed by atoms with Crippen LogP contribution in [0.15, 0.2) is 176 Å². The largest absolute Gasteiger partial charge is 0.309 e. The number of hydrogen-bond acceptors (Lipinski definition) is 2. The first-order chi connectivity index (χ1) is 27.3. The molecule has 254 valence electrons. The van der Waals surface area contributed by atoms with E-state index in [1.807, 2.05) is 36.4 Å². The maximum absolute atomic E-state index is 11.3. The summed E-state index contributed by atoms with van der Waals surface area (Å²) in [6.07, 6.45) is 0. The summed E-state index contributed by atoms with van der Waals surface area (Å²) in [6.45, 7) is 0. The Balaban J connectivity index is 1.23. The van der Waals surface area contributed by atoms with Gasteiger partial charge in [0.25, 0.3) is 0 Å². The van der Waals surface area contributed by atoms with Gasteiger partial charge in [0.1, 0.15) is 6.07 Å². The first-order valence-electron chi connectivity index (χ1n) is 18.3. The molecule has 0 aliphatic carbocycles. The third-order valence-electron chi connectivity index (χ3n) is 11.1. The second-order valence-corrected chi connectivity index (χ2v) is 13.9. The summed E-state index contributed by atoms with van der Waals surface area (Å²) >= 11 is 0. The van der Waals surface area contributed by atoms with Crippen molar-refractivity contribution in [3.05, 3.63) is 187 Å². The molecule has 0 fully saturated rings. The van der Waals surface area contributed by atoms with Crippen molar-refractivity contribution in [2.24, 2.45) is 0 Å². The molecule has 0 saturated heterocycles. The van der Waals surface area contributed by atoms with E-state index in [9.17, 15) is 10.5 Å². The van der Waals surface area contributed by atoms with Gasteiger partial charge < -0.3 is 13.7 Å². The smallest absolute Gasteiger partial charge is 0.102 e. The zero-order valence-corrected chi connectivity index (χ0v) is 29.5. The van der Waals surface area contributed by atoms with E-state index in [4.69, 9.17) is 0 Å². The molecule has 0 N–H and O–H groups in total. The zero-order chi connectivity index (χ0) is 36.6. The lowest BCUT2D eigenvalue weighted by molar-refractivity contribution is 1.12. The van der Waals surface area contributed by atoms with Crippen LogP contribution in [0, 0.1) is 22.7 Å². The molecule has 55 heavy (non-hydrogen) atoms. The summed E-state index contributed by atoms with van der Waals surface area (Å²) < 4.78 is 6.88. The van der Waals surface area contributed by atoms with Crippen LogP contribution in [0.4, 0.5) is 0 Å². The summed E-state index contributed by atoms with van der Waals surface area (Å²) in [7, 11) is 0. The fraction of sp³-hybridized carbons (Fsp3) is 0. The molecule has 8 aromatic carbocycles. The minimum atomic E-state index is 0.577. The van der Waals surface area contributed by atoms with Gasteiger partial charge in [-0.05, 0) is 54.6 Å². The van der Waals surface area contributed by atoms with Gasteiger partial charge in [-0.1, -0.05) is 121 Å². The summed E-state index contributed by atoms with van der Waals surface area (Å²) in [4.78, 5) is 0. The normalized spacial score (nSPS) is 11.6. The highest BCUT2D eigenvalue weighted by molar-refractivity contribution is 6.16. The Hall–Kier alpha value is -7.86. The minimum absolute atomic E-state index is 0.577. The monoisotopic (exact) mass is 699 g/mol. The second-order valence-electron chi connectivity index (χ2n) is 13.9. The van der Waals surface area contributed by atoms with Crippen LogP contribution in [0.1, 0.15) is 11.1 Å². The van der Waals surface area contributed by atoms with Crippen molar-refractivity contribution in [2.75, 3.05) is 0 Å².